The second-order valence-electron chi connectivity index (χ2n) is 12.1. The van der Waals surface area contributed by atoms with Gasteiger partial charge in [0.15, 0.2) is 11.6 Å². The molecule has 0 radical (unpaired) electrons. The number of H-pyrrole nitrogens is 2. The molecule has 2 unspecified atom stereocenters. The van der Waals surface area contributed by atoms with Crippen LogP contribution in [-0.2, 0) is 38.6 Å². The van der Waals surface area contributed by atoms with Gasteiger partial charge in [0.05, 0.1) is 5.56 Å². The number of amides is 1. The molecular formula is C36H36F2N4O4S. The molecule has 0 saturated heterocycles. The highest BCUT2D eigenvalue weighted by Gasteiger charge is 2.32. The van der Waals surface area contributed by atoms with Crippen LogP contribution in [0.1, 0.15) is 48.6 Å². The standard InChI is InChI=1S/C36H36F2N4O4S/c1-36(24-7-3-5-23(19-24)6-4-16-43)13-17-47(45)18-15-42(2)33(44)11-9-27-26-12-14-39-31(26)21-30(38)34(27)46-25-8-10-29(37)28(20-25)35-40-22-32(36)41-35/h3,5,7-8,10,12,14,16,19-22,39H,4,6,9,11,13,15,17-18H2,1-2H3,(H,40,41). The number of hydrogen-bond donors (Lipinski definition) is 2. The summed E-state index contributed by atoms with van der Waals surface area (Å²) in [7, 11) is 0.425. The van der Waals surface area contributed by atoms with Crippen molar-refractivity contribution in [3.8, 4) is 22.9 Å². The molecule has 5 aromatic rings. The van der Waals surface area contributed by atoms with Crippen LogP contribution in [0.5, 0.6) is 11.5 Å². The van der Waals surface area contributed by atoms with E-state index in [2.05, 4.69) is 15.0 Å². The Hall–Kier alpha value is -4.64. The van der Waals surface area contributed by atoms with Crippen molar-refractivity contribution < 1.29 is 27.3 Å². The minimum Gasteiger partial charge on any atom is -0.454 e. The Bertz CT molecular complexity index is 1970. The summed E-state index contributed by atoms with van der Waals surface area (Å²) in [5.74, 6) is -0.250. The highest BCUT2D eigenvalue weighted by molar-refractivity contribution is 7.85. The first-order chi connectivity index (χ1) is 22.7. The summed E-state index contributed by atoms with van der Waals surface area (Å²) in [4.78, 5) is 36.7. The molecule has 4 bridgehead atoms. The summed E-state index contributed by atoms with van der Waals surface area (Å²) in [6, 6.07) is 15.2. The van der Waals surface area contributed by atoms with E-state index in [1.165, 1.54) is 24.3 Å². The van der Waals surface area contributed by atoms with Gasteiger partial charge in [-0.3, -0.25) is 9.00 Å². The van der Waals surface area contributed by atoms with Gasteiger partial charge in [0.2, 0.25) is 5.91 Å². The van der Waals surface area contributed by atoms with Crippen molar-refractivity contribution in [2.24, 2.45) is 0 Å². The number of aromatic amines is 2. The molecule has 8 nitrogen and oxygen atoms in total. The smallest absolute Gasteiger partial charge is 0.222 e. The van der Waals surface area contributed by atoms with Gasteiger partial charge in [0.25, 0.3) is 0 Å². The monoisotopic (exact) mass is 658 g/mol. The number of aldehydes is 1. The molecule has 1 aliphatic rings. The lowest BCUT2D eigenvalue weighted by molar-refractivity contribution is -0.129. The van der Waals surface area contributed by atoms with Gasteiger partial charge < -0.3 is 24.4 Å². The van der Waals surface area contributed by atoms with Crippen molar-refractivity contribution in [2.45, 2.75) is 44.4 Å². The molecule has 0 fully saturated rings. The number of nitrogens with one attached hydrogen (secondary N) is 2. The maximum atomic E-state index is 15.6. The van der Waals surface area contributed by atoms with E-state index in [1.54, 1.807) is 30.4 Å². The van der Waals surface area contributed by atoms with Gasteiger partial charge in [-0.25, -0.2) is 13.8 Å². The minimum atomic E-state index is -1.25. The van der Waals surface area contributed by atoms with Gasteiger partial charge in [-0.15, -0.1) is 0 Å². The number of rotatable bonds is 4. The maximum absolute atomic E-state index is 15.6. The predicted octanol–water partition coefficient (Wildman–Crippen LogP) is 6.61. The fourth-order valence-corrected chi connectivity index (χ4v) is 7.44. The number of ether oxygens (including phenoxy) is 1. The van der Waals surface area contributed by atoms with E-state index in [1.807, 2.05) is 31.2 Å². The van der Waals surface area contributed by atoms with Crippen LogP contribution in [0.2, 0.25) is 0 Å². The lowest BCUT2D eigenvalue weighted by Gasteiger charge is -2.30. The number of hydrogen-bond acceptors (Lipinski definition) is 5. The fraction of sp³-hybridized carbons (Fsp3) is 0.306. The molecular weight excluding hydrogens is 622 g/mol. The van der Waals surface area contributed by atoms with Gasteiger partial charge in [0.1, 0.15) is 23.7 Å². The first-order valence-electron chi connectivity index (χ1n) is 15.6. The second kappa shape index (κ2) is 13.6. The van der Waals surface area contributed by atoms with Crippen LogP contribution >= 0.6 is 0 Å². The van der Waals surface area contributed by atoms with Crippen LogP contribution in [0.15, 0.2) is 67.0 Å². The first kappa shape index (κ1) is 32.3. The van der Waals surface area contributed by atoms with Crippen molar-refractivity contribution in [1.29, 1.82) is 0 Å². The zero-order valence-electron chi connectivity index (χ0n) is 26.3. The van der Waals surface area contributed by atoms with Crippen molar-refractivity contribution >= 4 is 33.9 Å². The third-order valence-electron chi connectivity index (χ3n) is 9.06. The number of nitrogens with zero attached hydrogens (tertiary/aromatic N) is 2. The SMILES string of the molecule is CN1CCS(=O)CCC(C)(c2cccc(CCC=O)c2)c2cnc([nH]2)-c2cc(ccc2F)Oc2c(F)cc3[nH]ccc3c2CCC1=O. The lowest BCUT2D eigenvalue weighted by Crippen LogP contribution is -2.32. The van der Waals surface area contributed by atoms with Crippen LogP contribution in [0.25, 0.3) is 22.3 Å². The summed E-state index contributed by atoms with van der Waals surface area (Å²) >= 11 is 0. The van der Waals surface area contributed by atoms with Crippen molar-refractivity contribution in [3.05, 3.63) is 101 Å². The number of aromatic nitrogens is 3. The van der Waals surface area contributed by atoms with Crippen LogP contribution in [0.4, 0.5) is 8.78 Å². The van der Waals surface area contributed by atoms with E-state index >= 15 is 8.78 Å². The molecule has 2 atom stereocenters. The number of halogens is 2. The summed E-state index contributed by atoms with van der Waals surface area (Å²) in [6.45, 7) is 2.32. The molecule has 1 amide bonds. The van der Waals surface area contributed by atoms with E-state index in [4.69, 9.17) is 4.74 Å². The molecule has 3 heterocycles. The molecule has 11 heteroatoms. The molecule has 244 valence electrons. The molecule has 2 aromatic heterocycles. The van der Waals surface area contributed by atoms with Gasteiger partial charge in [-0.05, 0) is 61.6 Å². The third-order valence-corrected chi connectivity index (χ3v) is 10.4. The summed E-state index contributed by atoms with van der Waals surface area (Å²) < 4.78 is 50.4. The fourth-order valence-electron chi connectivity index (χ4n) is 6.12. The normalized spacial score (nSPS) is 19.4. The highest BCUT2D eigenvalue weighted by Crippen LogP contribution is 2.39. The highest BCUT2D eigenvalue weighted by atomic mass is 32.2. The van der Waals surface area contributed by atoms with Crippen LogP contribution in [0, 0.1) is 11.6 Å². The van der Waals surface area contributed by atoms with E-state index in [-0.39, 0.29) is 41.6 Å². The van der Waals surface area contributed by atoms with E-state index in [0.29, 0.717) is 54.1 Å². The zero-order chi connectivity index (χ0) is 33.1. The Labute approximate surface area is 274 Å². The number of carbonyl (C=O) groups excluding carboxylic acids is 2. The quantitative estimate of drug-likeness (QED) is 0.212. The largest absolute Gasteiger partial charge is 0.454 e. The molecule has 2 N–H and O–H groups in total. The molecule has 0 spiro atoms. The number of carbonyl (C=O) groups is 2. The Morgan fingerprint density at radius 2 is 1.94 bits per heavy atom. The Morgan fingerprint density at radius 1 is 1.09 bits per heavy atom. The Balaban J connectivity index is 1.45. The zero-order valence-corrected chi connectivity index (χ0v) is 27.1. The summed E-state index contributed by atoms with van der Waals surface area (Å²) in [6.07, 6.45) is 5.99. The molecule has 6 rings (SSSR count). The molecule has 0 aliphatic carbocycles. The Morgan fingerprint density at radius 3 is 2.77 bits per heavy atom. The molecule has 0 saturated carbocycles. The first-order valence-corrected chi connectivity index (χ1v) is 17.1. The van der Waals surface area contributed by atoms with Gasteiger partial charge in [-0.2, -0.15) is 0 Å². The van der Waals surface area contributed by atoms with E-state index in [9.17, 15) is 13.8 Å². The topological polar surface area (TPSA) is 108 Å². The maximum Gasteiger partial charge on any atom is 0.222 e. The molecule has 47 heavy (non-hydrogen) atoms. The summed E-state index contributed by atoms with van der Waals surface area (Å²) in [5.41, 5.74) is 3.15. The van der Waals surface area contributed by atoms with Gasteiger partial charge >= 0.3 is 0 Å². The third kappa shape index (κ3) is 6.76. The Kier molecular flexibility index (Phi) is 9.35. The minimum absolute atomic E-state index is 0.0358. The average molecular weight is 659 g/mol. The van der Waals surface area contributed by atoms with E-state index in [0.717, 1.165) is 22.8 Å². The van der Waals surface area contributed by atoms with Gasteiger partial charge in [0, 0.05) is 94.8 Å². The van der Waals surface area contributed by atoms with Crippen molar-refractivity contribution in [1.82, 2.24) is 19.9 Å². The average Bonchev–Trinajstić information content (AvgIpc) is 3.76. The van der Waals surface area contributed by atoms with Gasteiger partial charge in [-0.1, -0.05) is 24.3 Å². The van der Waals surface area contributed by atoms with E-state index < -0.39 is 27.8 Å². The number of benzene rings is 3. The summed E-state index contributed by atoms with van der Waals surface area (Å²) in [5, 5.41) is 0.719. The number of imidazole rings is 1. The van der Waals surface area contributed by atoms with Crippen molar-refractivity contribution in [3.63, 3.8) is 0 Å². The number of fused-ring (bicyclic) bond motifs is 8. The predicted molar refractivity (Wildman–Crippen MR) is 178 cm³/mol. The van der Waals surface area contributed by atoms with Crippen LogP contribution in [-0.4, -0.2) is 61.4 Å². The molecule has 3 aromatic carbocycles. The molecule has 1 aliphatic heterocycles. The lowest BCUT2D eigenvalue weighted by atomic mass is 9.77. The number of aryl methyl sites for hydroxylation is 2. The second-order valence-corrected chi connectivity index (χ2v) is 13.8. The van der Waals surface area contributed by atoms with Crippen molar-refractivity contribution in [2.75, 3.05) is 25.1 Å². The van der Waals surface area contributed by atoms with Crippen LogP contribution in [0.3, 0.4) is 0 Å². The van der Waals surface area contributed by atoms with Crippen LogP contribution < -0.4 is 4.74 Å².